The van der Waals surface area contributed by atoms with E-state index in [9.17, 15) is 0 Å². The third-order valence-corrected chi connectivity index (χ3v) is 3.91. The summed E-state index contributed by atoms with van der Waals surface area (Å²) >= 11 is 0. The first kappa shape index (κ1) is 12.6. The number of nitrogens with one attached hydrogen (secondary N) is 1. The van der Waals surface area contributed by atoms with Gasteiger partial charge in [-0.3, -0.25) is 0 Å². The lowest BCUT2D eigenvalue weighted by Crippen LogP contribution is -2.43. The average molecular weight is 240 g/mol. The highest BCUT2D eigenvalue weighted by molar-refractivity contribution is 5.85. The van der Waals surface area contributed by atoms with Crippen molar-refractivity contribution in [2.24, 2.45) is 16.8 Å². The molecule has 17 heavy (non-hydrogen) atoms. The Balaban J connectivity index is 1.70. The van der Waals surface area contributed by atoms with Gasteiger partial charge in [-0.05, 0) is 44.7 Å². The predicted octanol–water partition coefficient (Wildman–Crippen LogP) is 0.585. The number of nitrogens with zero attached hydrogens (tertiary/aromatic N) is 2. The SMILES string of the molecule is CCC(NCC1CCN(C2CC2)C1)C(N)=NO. The molecule has 0 aromatic rings. The van der Waals surface area contributed by atoms with E-state index in [1.807, 2.05) is 6.92 Å². The lowest BCUT2D eigenvalue weighted by atomic mass is 10.1. The first-order chi connectivity index (χ1) is 8.24. The fourth-order valence-electron chi connectivity index (χ4n) is 2.64. The lowest BCUT2D eigenvalue weighted by molar-refractivity contribution is 0.307. The van der Waals surface area contributed by atoms with Gasteiger partial charge >= 0.3 is 0 Å². The van der Waals surface area contributed by atoms with Gasteiger partial charge in [-0.25, -0.2) is 0 Å². The molecule has 5 heteroatoms. The number of rotatable bonds is 6. The average Bonchev–Trinajstić information content (AvgIpc) is 3.10. The molecule has 0 aromatic carbocycles. The molecule has 1 aliphatic carbocycles. The molecule has 5 nitrogen and oxygen atoms in total. The second-order valence-corrected chi connectivity index (χ2v) is 5.27. The number of oxime groups is 1. The molecular weight excluding hydrogens is 216 g/mol. The Hall–Kier alpha value is -0.810. The Bertz CT molecular complexity index is 278. The van der Waals surface area contributed by atoms with E-state index in [0.29, 0.717) is 5.84 Å². The molecule has 0 bridgehead atoms. The fourth-order valence-corrected chi connectivity index (χ4v) is 2.64. The summed E-state index contributed by atoms with van der Waals surface area (Å²) in [7, 11) is 0. The van der Waals surface area contributed by atoms with Gasteiger partial charge < -0.3 is 21.2 Å². The van der Waals surface area contributed by atoms with Crippen molar-refractivity contribution < 1.29 is 5.21 Å². The van der Waals surface area contributed by atoms with Crippen molar-refractivity contribution in [1.29, 1.82) is 0 Å². The number of hydrogen-bond donors (Lipinski definition) is 3. The maximum Gasteiger partial charge on any atom is 0.156 e. The second kappa shape index (κ2) is 5.69. The van der Waals surface area contributed by atoms with Gasteiger partial charge in [0.15, 0.2) is 5.84 Å². The highest BCUT2D eigenvalue weighted by atomic mass is 16.4. The largest absolute Gasteiger partial charge is 0.409 e. The van der Waals surface area contributed by atoms with Crippen molar-refractivity contribution in [3.8, 4) is 0 Å². The van der Waals surface area contributed by atoms with Crippen LogP contribution in [0.3, 0.4) is 0 Å². The van der Waals surface area contributed by atoms with Crippen LogP contribution in [0.4, 0.5) is 0 Å². The molecule has 0 aromatic heterocycles. The van der Waals surface area contributed by atoms with Gasteiger partial charge in [-0.1, -0.05) is 12.1 Å². The maximum absolute atomic E-state index is 8.67. The molecule has 1 heterocycles. The van der Waals surface area contributed by atoms with E-state index in [1.165, 1.54) is 32.4 Å². The number of likely N-dealkylation sites (tertiary alicyclic amines) is 1. The first-order valence-electron chi connectivity index (χ1n) is 6.69. The van der Waals surface area contributed by atoms with E-state index in [-0.39, 0.29) is 6.04 Å². The molecule has 2 atom stereocenters. The van der Waals surface area contributed by atoms with Crippen molar-refractivity contribution in [2.45, 2.75) is 44.7 Å². The van der Waals surface area contributed by atoms with Gasteiger partial charge in [0.1, 0.15) is 0 Å². The zero-order valence-electron chi connectivity index (χ0n) is 10.6. The third-order valence-electron chi connectivity index (χ3n) is 3.91. The minimum atomic E-state index is 0.00924. The van der Waals surface area contributed by atoms with E-state index in [0.717, 1.165) is 24.9 Å². The first-order valence-corrected chi connectivity index (χ1v) is 6.69. The summed E-state index contributed by atoms with van der Waals surface area (Å²) in [5.74, 6) is 1.01. The van der Waals surface area contributed by atoms with Gasteiger partial charge in [0.25, 0.3) is 0 Å². The van der Waals surface area contributed by atoms with Crippen molar-refractivity contribution in [2.75, 3.05) is 19.6 Å². The molecule has 0 spiro atoms. The molecule has 1 aliphatic heterocycles. The third kappa shape index (κ3) is 3.33. The van der Waals surface area contributed by atoms with Crippen LogP contribution in [0.5, 0.6) is 0 Å². The Labute approximate surface area is 103 Å². The summed E-state index contributed by atoms with van der Waals surface area (Å²) in [6.45, 7) is 5.47. The number of nitrogens with two attached hydrogens (primary N) is 1. The van der Waals surface area contributed by atoms with Gasteiger partial charge in [0.2, 0.25) is 0 Å². The van der Waals surface area contributed by atoms with Crippen LogP contribution in [0.1, 0.15) is 32.6 Å². The molecule has 98 valence electrons. The van der Waals surface area contributed by atoms with E-state index in [2.05, 4.69) is 15.4 Å². The van der Waals surface area contributed by atoms with Crippen LogP contribution >= 0.6 is 0 Å². The molecule has 2 aliphatic rings. The summed E-state index contributed by atoms with van der Waals surface area (Å²) in [5.41, 5.74) is 5.63. The van der Waals surface area contributed by atoms with Crippen molar-refractivity contribution >= 4 is 5.84 Å². The Kier molecular flexibility index (Phi) is 4.23. The number of hydrogen-bond acceptors (Lipinski definition) is 4. The highest BCUT2D eigenvalue weighted by Crippen LogP contribution is 2.31. The van der Waals surface area contributed by atoms with E-state index < -0.39 is 0 Å². The summed E-state index contributed by atoms with van der Waals surface area (Å²) < 4.78 is 0. The molecule has 2 unspecified atom stereocenters. The molecule has 2 rings (SSSR count). The van der Waals surface area contributed by atoms with Crippen molar-refractivity contribution in [3.63, 3.8) is 0 Å². The summed E-state index contributed by atoms with van der Waals surface area (Å²) in [6.07, 6.45) is 4.91. The van der Waals surface area contributed by atoms with E-state index in [1.54, 1.807) is 0 Å². The molecule has 1 saturated carbocycles. The Morgan fingerprint density at radius 2 is 2.29 bits per heavy atom. The molecule has 1 saturated heterocycles. The fraction of sp³-hybridized carbons (Fsp3) is 0.917. The summed E-state index contributed by atoms with van der Waals surface area (Å²) in [6, 6.07) is 0.890. The van der Waals surface area contributed by atoms with Gasteiger partial charge in [0.05, 0.1) is 6.04 Å². The monoisotopic (exact) mass is 240 g/mol. The van der Waals surface area contributed by atoms with Crippen LogP contribution in [-0.4, -0.2) is 47.7 Å². The molecular formula is C12H24N4O. The quantitative estimate of drug-likeness (QED) is 0.275. The van der Waals surface area contributed by atoms with Crippen LogP contribution < -0.4 is 11.1 Å². The Morgan fingerprint density at radius 1 is 1.53 bits per heavy atom. The van der Waals surface area contributed by atoms with Crippen molar-refractivity contribution in [1.82, 2.24) is 10.2 Å². The van der Waals surface area contributed by atoms with Crippen LogP contribution in [0.25, 0.3) is 0 Å². The smallest absolute Gasteiger partial charge is 0.156 e. The predicted molar refractivity (Wildman–Crippen MR) is 68.2 cm³/mol. The maximum atomic E-state index is 8.67. The second-order valence-electron chi connectivity index (χ2n) is 5.27. The van der Waals surface area contributed by atoms with Crippen LogP contribution in [0, 0.1) is 5.92 Å². The minimum Gasteiger partial charge on any atom is -0.409 e. The van der Waals surface area contributed by atoms with Crippen LogP contribution in [-0.2, 0) is 0 Å². The molecule has 2 fully saturated rings. The van der Waals surface area contributed by atoms with Gasteiger partial charge in [-0.15, -0.1) is 0 Å². The minimum absolute atomic E-state index is 0.00924. The topological polar surface area (TPSA) is 73.9 Å². The van der Waals surface area contributed by atoms with Crippen LogP contribution in [0.2, 0.25) is 0 Å². The van der Waals surface area contributed by atoms with Crippen LogP contribution in [0.15, 0.2) is 5.16 Å². The normalized spacial score (nSPS) is 28.5. The van der Waals surface area contributed by atoms with Gasteiger partial charge in [-0.2, -0.15) is 0 Å². The zero-order valence-corrected chi connectivity index (χ0v) is 10.6. The molecule has 0 amide bonds. The van der Waals surface area contributed by atoms with Crippen molar-refractivity contribution in [3.05, 3.63) is 0 Å². The standard InChI is InChI=1S/C12H24N4O/c1-2-11(12(13)15-17)14-7-9-5-6-16(8-9)10-3-4-10/h9-11,14,17H,2-8H2,1H3,(H2,13,15). The Morgan fingerprint density at radius 3 is 2.88 bits per heavy atom. The zero-order chi connectivity index (χ0) is 12.3. The summed E-state index contributed by atoms with van der Waals surface area (Å²) in [4.78, 5) is 2.61. The van der Waals surface area contributed by atoms with E-state index in [4.69, 9.17) is 10.9 Å². The number of amidine groups is 1. The summed E-state index contributed by atoms with van der Waals surface area (Å²) in [5, 5.41) is 15.1. The molecule has 0 radical (unpaired) electrons. The highest BCUT2D eigenvalue weighted by Gasteiger charge is 2.34. The van der Waals surface area contributed by atoms with Gasteiger partial charge in [0, 0.05) is 12.6 Å². The lowest BCUT2D eigenvalue weighted by Gasteiger charge is -2.19. The van der Waals surface area contributed by atoms with E-state index >= 15 is 0 Å². The molecule has 4 N–H and O–H groups in total.